The summed E-state index contributed by atoms with van der Waals surface area (Å²) < 4.78 is 55.6. The second-order valence-electron chi connectivity index (χ2n) is 13.6. The Labute approximate surface area is 255 Å². The van der Waals surface area contributed by atoms with Crippen molar-refractivity contribution >= 4 is 24.9 Å². The lowest BCUT2D eigenvalue weighted by Gasteiger charge is -2.37. The van der Waals surface area contributed by atoms with Gasteiger partial charge in [0.2, 0.25) is 11.8 Å². The van der Waals surface area contributed by atoms with Crippen molar-refractivity contribution in [2.24, 2.45) is 5.41 Å². The topological polar surface area (TPSA) is 102 Å². The van der Waals surface area contributed by atoms with Crippen LogP contribution in [-0.2, 0) is 27.4 Å². The van der Waals surface area contributed by atoms with Crippen molar-refractivity contribution in [3.63, 3.8) is 0 Å². The van der Waals surface area contributed by atoms with E-state index < -0.39 is 25.5 Å². The number of ether oxygens (including phenoxy) is 3. The SMILES string of the molecule is CC1(CCC(=O)Cc2cc(F)c(Oc3ccnc4c3c(-c3nnc(C5CC5)o3)cn4COCC[Si](C)(C)C)c(F)c2)COC1. The van der Waals surface area contributed by atoms with Crippen molar-refractivity contribution in [3.8, 4) is 23.0 Å². The number of hydrogen-bond acceptors (Lipinski definition) is 8. The van der Waals surface area contributed by atoms with Crippen LogP contribution in [0.3, 0.4) is 0 Å². The third-order valence-corrected chi connectivity index (χ3v) is 9.83. The highest BCUT2D eigenvalue weighted by Crippen LogP contribution is 2.43. The highest BCUT2D eigenvalue weighted by Gasteiger charge is 2.33. The molecule has 0 spiro atoms. The monoisotopic (exact) mass is 624 g/mol. The van der Waals surface area contributed by atoms with Gasteiger partial charge in [0.05, 0.1) is 24.2 Å². The molecule has 4 aromatic rings. The fourth-order valence-corrected chi connectivity index (χ4v) is 5.94. The summed E-state index contributed by atoms with van der Waals surface area (Å²) in [7, 11) is -1.28. The second-order valence-corrected chi connectivity index (χ2v) is 19.2. The smallest absolute Gasteiger partial charge is 0.250 e. The molecule has 1 saturated carbocycles. The third-order valence-electron chi connectivity index (χ3n) is 8.12. The number of carbonyl (C=O) groups is 1. The highest BCUT2D eigenvalue weighted by molar-refractivity contribution is 6.76. The van der Waals surface area contributed by atoms with E-state index in [0.29, 0.717) is 55.1 Å². The molecule has 6 rings (SSSR count). The Morgan fingerprint density at radius 1 is 1.16 bits per heavy atom. The molecule has 1 aliphatic heterocycles. The van der Waals surface area contributed by atoms with Crippen LogP contribution in [0.2, 0.25) is 25.7 Å². The summed E-state index contributed by atoms with van der Waals surface area (Å²) in [4.78, 5) is 17.1. The summed E-state index contributed by atoms with van der Waals surface area (Å²) in [6, 6.07) is 4.85. The number of carbonyl (C=O) groups excluding carboxylic acids is 1. The van der Waals surface area contributed by atoms with Crippen LogP contribution in [-0.4, -0.2) is 53.4 Å². The van der Waals surface area contributed by atoms with Gasteiger partial charge in [-0.25, -0.2) is 13.8 Å². The normalized spacial score (nSPS) is 16.3. The van der Waals surface area contributed by atoms with Gasteiger partial charge in [-0.05, 0) is 49.1 Å². The maximum absolute atomic E-state index is 15.3. The van der Waals surface area contributed by atoms with Gasteiger partial charge >= 0.3 is 0 Å². The number of nitrogens with zero attached hydrogens (tertiary/aromatic N) is 4. The lowest BCUT2D eigenvalue weighted by atomic mass is 9.82. The van der Waals surface area contributed by atoms with Crippen LogP contribution < -0.4 is 4.74 Å². The Balaban J connectivity index is 1.26. The lowest BCUT2D eigenvalue weighted by Crippen LogP contribution is -2.40. The molecule has 4 heterocycles. The van der Waals surface area contributed by atoms with Gasteiger partial charge in [-0.2, -0.15) is 0 Å². The van der Waals surface area contributed by atoms with Crippen LogP contribution in [0, 0.1) is 17.0 Å². The molecule has 0 amide bonds. The quantitative estimate of drug-likeness (QED) is 0.107. The van der Waals surface area contributed by atoms with E-state index in [1.807, 2.05) is 0 Å². The molecule has 0 atom stereocenters. The van der Waals surface area contributed by atoms with E-state index in [0.717, 1.165) is 31.0 Å². The van der Waals surface area contributed by atoms with Crippen LogP contribution in [0.4, 0.5) is 8.78 Å². The Hall–Kier alpha value is -3.48. The van der Waals surface area contributed by atoms with Gasteiger partial charge in [0, 0.05) is 51.2 Å². The summed E-state index contributed by atoms with van der Waals surface area (Å²) in [5.41, 5.74) is 1.28. The average molecular weight is 625 g/mol. The molecule has 12 heteroatoms. The van der Waals surface area contributed by atoms with Gasteiger partial charge < -0.3 is 23.2 Å². The fourth-order valence-electron chi connectivity index (χ4n) is 5.19. The van der Waals surface area contributed by atoms with Crippen LogP contribution in [0.1, 0.15) is 50.0 Å². The van der Waals surface area contributed by atoms with Gasteiger partial charge in [0.1, 0.15) is 23.9 Å². The first-order chi connectivity index (χ1) is 21.0. The van der Waals surface area contributed by atoms with Crippen LogP contribution in [0.5, 0.6) is 11.5 Å². The molecular weight excluding hydrogens is 586 g/mol. The number of ketones is 1. The largest absolute Gasteiger partial charge is 0.450 e. The van der Waals surface area contributed by atoms with Crippen molar-refractivity contribution in [2.75, 3.05) is 19.8 Å². The minimum atomic E-state index is -1.28. The van der Waals surface area contributed by atoms with Crippen molar-refractivity contribution in [3.05, 3.63) is 53.7 Å². The zero-order chi connectivity index (χ0) is 31.1. The van der Waals surface area contributed by atoms with E-state index in [1.54, 1.807) is 16.8 Å². The summed E-state index contributed by atoms with van der Waals surface area (Å²) in [6.07, 6.45) is 6.26. The Bertz CT molecular complexity index is 1650. The van der Waals surface area contributed by atoms with Crippen LogP contribution >= 0.6 is 0 Å². The van der Waals surface area contributed by atoms with E-state index in [2.05, 4.69) is 41.7 Å². The van der Waals surface area contributed by atoms with Gasteiger partial charge in [-0.3, -0.25) is 4.79 Å². The summed E-state index contributed by atoms with van der Waals surface area (Å²) in [5.74, 6) is -1.18. The lowest BCUT2D eigenvalue weighted by molar-refractivity contribution is -0.125. The molecule has 3 aromatic heterocycles. The van der Waals surface area contributed by atoms with Crippen molar-refractivity contribution in [1.29, 1.82) is 0 Å². The molecule has 0 unspecified atom stereocenters. The van der Waals surface area contributed by atoms with Gasteiger partial charge in [-0.1, -0.05) is 26.6 Å². The average Bonchev–Trinajstić information content (AvgIpc) is 3.56. The summed E-state index contributed by atoms with van der Waals surface area (Å²) >= 11 is 0. The minimum Gasteiger partial charge on any atom is -0.450 e. The zero-order valence-electron chi connectivity index (χ0n) is 25.6. The van der Waals surface area contributed by atoms with Crippen LogP contribution in [0.15, 0.2) is 35.0 Å². The Morgan fingerprint density at radius 2 is 1.91 bits per heavy atom. The number of benzene rings is 1. The van der Waals surface area contributed by atoms with E-state index >= 15 is 8.78 Å². The van der Waals surface area contributed by atoms with Crippen molar-refractivity contribution in [2.45, 2.75) is 77.4 Å². The number of hydrogen-bond donors (Lipinski definition) is 0. The number of aromatic nitrogens is 4. The maximum Gasteiger partial charge on any atom is 0.250 e. The molecule has 1 aliphatic carbocycles. The first-order valence-electron chi connectivity index (χ1n) is 15.1. The standard InChI is InChI=1S/C32H38F2N4O5Si/c1-32(17-41-18-32)9-7-22(39)13-20-14-24(33)28(25(34)15-20)42-26-8-10-35-29-27(26)23(31-37-36-30(43-31)21-5-6-21)16-38(29)19-40-11-12-44(2,3)4/h8,10,14-16,21H,5-7,9,11-13,17-19H2,1-4H3. The molecular formula is C32H38F2N4O5Si. The number of Topliss-reactive ketones (excluding diaryl/α,β-unsaturated/α-hetero) is 1. The number of pyridine rings is 1. The van der Waals surface area contributed by atoms with Gasteiger partial charge in [-0.15, -0.1) is 10.2 Å². The minimum absolute atomic E-state index is 0.00165. The molecule has 0 N–H and O–H groups in total. The molecule has 0 bridgehead atoms. The third kappa shape index (κ3) is 6.92. The Kier molecular flexibility index (Phi) is 8.42. The Morgan fingerprint density at radius 3 is 2.57 bits per heavy atom. The van der Waals surface area contributed by atoms with E-state index in [4.69, 9.17) is 18.6 Å². The van der Waals surface area contributed by atoms with Crippen molar-refractivity contribution in [1.82, 2.24) is 19.7 Å². The molecule has 1 saturated heterocycles. The summed E-state index contributed by atoms with van der Waals surface area (Å²) in [6.45, 7) is 11.0. The predicted octanol–water partition coefficient (Wildman–Crippen LogP) is 7.27. The van der Waals surface area contributed by atoms with Gasteiger partial charge in [0.25, 0.3) is 0 Å². The van der Waals surface area contributed by atoms with Crippen LogP contribution in [0.25, 0.3) is 22.5 Å². The van der Waals surface area contributed by atoms with Gasteiger partial charge in [0.15, 0.2) is 17.4 Å². The molecule has 9 nitrogen and oxygen atoms in total. The first-order valence-corrected chi connectivity index (χ1v) is 18.8. The maximum atomic E-state index is 15.3. The highest BCUT2D eigenvalue weighted by atomic mass is 28.3. The van der Waals surface area contributed by atoms with E-state index in [9.17, 15) is 4.79 Å². The first kappa shape index (κ1) is 30.5. The second kappa shape index (κ2) is 12.1. The molecule has 234 valence electrons. The van der Waals surface area contributed by atoms with Crippen molar-refractivity contribution < 1.29 is 32.2 Å². The zero-order valence-corrected chi connectivity index (χ0v) is 26.6. The molecule has 1 aromatic carbocycles. The molecule has 0 radical (unpaired) electrons. The fraction of sp³-hybridized carbons (Fsp3) is 0.500. The number of halogens is 2. The molecule has 44 heavy (non-hydrogen) atoms. The summed E-state index contributed by atoms with van der Waals surface area (Å²) in [5, 5.41) is 8.95. The number of rotatable bonds is 14. The predicted molar refractivity (Wildman–Crippen MR) is 162 cm³/mol. The number of fused-ring (bicyclic) bond motifs is 1. The molecule has 2 fully saturated rings. The van der Waals surface area contributed by atoms with E-state index in [1.165, 1.54) is 6.20 Å². The van der Waals surface area contributed by atoms with E-state index in [-0.39, 0.29) is 47.5 Å². The molecule has 2 aliphatic rings.